The molecule has 0 unspecified atom stereocenters. The highest BCUT2D eigenvalue weighted by molar-refractivity contribution is 6.33. The van der Waals surface area contributed by atoms with E-state index < -0.39 is 5.97 Å². The van der Waals surface area contributed by atoms with Gasteiger partial charge in [0, 0.05) is 6.42 Å². The second-order valence-electron chi connectivity index (χ2n) is 3.01. The maximum atomic E-state index is 11.2. The standard InChI is InChI=1S/C12H11ClO2/c1-3-4-5-9-6-7-10(11(13)8-9)12(14)15-2/h1,6-8H,4-5H2,2H3. The van der Waals surface area contributed by atoms with Gasteiger partial charge in [-0.05, 0) is 24.1 Å². The van der Waals surface area contributed by atoms with Gasteiger partial charge in [-0.15, -0.1) is 12.3 Å². The lowest BCUT2D eigenvalue weighted by atomic mass is 10.1. The number of carbonyl (C=O) groups excluding carboxylic acids is 1. The van der Waals surface area contributed by atoms with Gasteiger partial charge in [-0.2, -0.15) is 0 Å². The molecule has 0 radical (unpaired) electrons. The fourth-order valence-electron chi connectivity index (χ4n) is 1.21. The fraction of sp³-hybridized carbons (Fsp3) is 0.250. The van der Waals surface area contributed by atoms with Crippen molar-refractivity contribution < 1.29 is 9.53 Å². The first-order valence-corrected chi connectivity index (χ1v) is 4.87. The lowest BCUT2D eigenvalue weighted by Gasteiger charge is -2.04. The number of rotatable bonds is 3. The maximum Gasteiger partial charge on any atom is 0.339 e. The minimum absolute atomic E-state index is 0.378. The molecule has 0 amide bonds. The van der Waals surface area contributed by atoms with Crippen LogP contribution >= 0.6 is 11.6 Å². The summed E-state index contributed by atoms with van der Waals surface area (Å²) in [6.45, 7) is 0. The molecule has 78 valence electrons. The molecule has 0 bridgehead atoms. The van der Waals surface area contributed by atoms with E-state index >= 15 is 0 Å². The van der Waals surface area contributed by atoms with Gasteiger partial charge >= 0.3 is 5.97 Å². The van der Waals surface area contributed by atoms with Crippen LogP contribution in [0.5, 0.6) is 0 Å². The molecular weight excluding hydrogens is 212 g/mol. The summed E-state index contributed by atoms with van der Waals surface area (Å²) in [7, 11) is 1.32. The highest BCUT2D eigenvalue weighted by Gasteiger charge is 2.10. The Kier molecular flexibility index (Phi) is 4.20. The Morgan fingerprint density at radius 3 is 2.87 bits per heavy atom. The maximum absolute atomic E-state index is 11.2. The van der Waals surface area contributed by atoms with E-state index in [9.17, 15) is 4.79 Å². The third-order valence-electron chi connectivity index (χ3n) is 2.00. The smallest absolute Gasteiger partial charge is 0.339 e. The molecule has 0 heterocycles. The number of methoxy groups -OCH3 is 1. The minimum atomic E-state index is -0.427. The van der Waals surface area contributed by atoms with Crippen molar-refractivity contribution in [3.05, 3.63) is 34.3 Å². The van der Waals surface area contributed by atoms with Gasteiger partial charge in [-0.25, -0.2) is 4.79 Å². The molecule has 2 nitrogen and oxygen atoms in total. The molecule has 0 spiro atoms. The molecule has 0 aliphatic rings. The Morgan fingerprint density at radius 2 is 2.33 bits per heavy atom. The number of benzene rings is 1. The van der Waals surface area contributed by atoms with Gasteiger partial charge in [0.25, 0.3) is 0 Å². The highest BCUT2D eigenvalue weighted by Crippen LogP contribution is 2.19. The summed E-state index contributed by atoms with van der Waals surface area (Å²) in [4.78, 5) is 11.2. The van der Waals surface area contributed by atoms with Crippen molar-refractivity contribution in [2.75, 3.05) is 7.11 Å². The number of carbonyl (C=O) groups is 1. The Balaban J connectivity index is 2.89. The molecular formula is C12H11ClO2. The quantitative estimate of drug-likeness (QED) is 0.581. The molecule has 0 N–H and O–H groups in total. The summed E-state index contributed by atoms with van der Waals surface area (Å²) >= 11 is 5.93. The van der Waals surface area contributed by atoms with Gasteiger partial charge in [0.05, 0.1) is 17.7 Å². The van der Waals surface area contributed by atoms with Crippen molar-refractivity contribution in [2.24, 2.45) is 0 Å². The number of halogens is 1. The van der Waals surface area contributed by atoms with Crippen molar-refractivity contribution in [1.29, 1.82) is 0 Å². The normalized spacial score (nSPS) is 9.40. The SMILES string of the molecule is C#CCCc1ccc(C(=O)OC)c(Cl)c1. The van der Waals surface area contributed by atoms with Crippen LogP contribution < -0.4 is 0 Å². The van der Waals surface area contributed by atoms with Crippen LogP contribution in [0.25, 0.3) is 0 Å². The van der Waals surface area contributed by atoms with Crippen LogP contribution in [-0.2, 0) is 11.2 Å². The molecule has 0 fully saturated rings. The molecule has 1 aromatic carbocycles. The van der Waals surface area contributed by atoms with Crippen molar-refractivity contribution in [2.45, 2.75) is 12.8 Å². The lowest BCUT2D eigenvalue weighted by Crippen LogP contribution is -2.02. The summed E-state index contributed by atoms with van der Waals surface area (Å²) in [5.41, 5.74) is 1.40. The lowest BCUT2D eigenvalue weighted by molar-refractivity contribution is 0.0601. The van der Waals surface area contributed by atoms with Gasteiger partial charge in [0.1, 0.15) is 0 Å². The number of aryl methyl sites for hydroxylation is 1. The van der Waals surface area contributed by atoms with Crippen LogP contribution in [-0.4, -0.2) is 13.1 Å². The van der Waals surface area contributed by atoms with Crippen molar-refractivity contribution in [3.63, 3.8) is 0 Å². The molecule has 1 rings (SSSR count). The molecule has 0 aliphatic heterocycles. The van der Waals surface area contributed by atoms with E-state index in [0.29, 0.717) is 17.0 Å². The molecule has 1 aromatic rings. The van der Waals surface area contributed by atoms with Crippen LogP contribution in [0.2, 0.25) is 5.02 Å². The summed E-state index contributed by atoms with van der Waals surface area (Å²) < 4.78 is 4.58. The van der Waals surface area contributed by atoms with Gasteiger partial charge in [-0.3, -0.25) is 0 Å². The summed E-state index contributed by atoms with van der Waals surface area (Å²) in [6, 6.07) is 5.22. The van der Waals surface area contributed by atoms with E-state index in [-0.39, 0.29) is 0 Å². The average Bonchev–Trinajstić information content (AvgIpc) is 2.25. The molecule has 0 saturated carbocycles. The largest absolute Gasteiger partial charge is 0.465 e. The van der Waals surface area contributed by atoms with Gasteiger partial charge in [0.2, 0.25) is 0 Å². The second kappa shape index (κ2) is 5.43. The zero-order valence-electron chi connectivity index (χ0n) is 8.42. The summed E-state index contributed by atoms with van der Waals surface area (Å²) in [5.74, 6) is 2.12. The van der Waals surface area contributed by atoms with Crippen LogP contribution in [0, 0.1) is 12.3 Å². The first kappa shape index (κ1) is 11.6. The zero-order chi connectivity index (χ0) is 11.3. The topological polar surface area (TPSA) is 26.3 Å². The summed E-state index contributed by atoms with van der Waals surface area (Å²) in [6.07, 6.45) is 6.58. The third-order valence-corrected chi connectivity index (χ3v) is 2.31. The minimum Gasteiger partial charge on any atom is -0.465 e. The van der Waals surface area contributed by atoms with E-state index in [4.69, 9.17) is 18.0 Å². The molecule has 0 aromatic heterocycles. The van der Waals surface area contributed by atoms with Crippen molar-refractivity contribution in [3.8, 4) is 12.3 Å². The third kappa shape index (κ3) is 3.00. The molecule has 15 heavy (non-hydrogen) atoms. The molecule has 0 saturated heterocycles. The molecule has 0 aliphatic carbocycles. The number of hydrogen-bond acceptors (Lipinski definition) is 2. The summed E-state index contributed by atoms with van der Waals surface area (Å²) in [5, 5.41) is 0.399. The van der Waals surface area contributed by atoms with Gasteiger partial charge in [0.15, 0.2) is 0 Å². The first-order chi connectivity index (χ1) is 7.19. The van der Waals surface area contributed by atoms with Crippen molar-refractivity contribution in [1.82, 2.24) is 0 Å². The van der Waals surface area contributed by atoms with E-state index in [1.165, 1.54) is 7.11 Å². The fourth-order valence-corrected chi connectivity index (χ4v) is 1.49. The first-order valence-electron chi connectivity index (χ1n) is 4.49. The van der Waals surface area contributed by atoms with Crippen LogP contribution in [0.1, 0.15) is 22.3 Å². The number of hydrogen-bond donors (Lipinski definition) is 0. The van der Waals surface area contributed by atoms with Crippen LogP contribution in [0.15, 0.2) is 18.2 Å². The zero-order valence-corrected chi connectivity index (χ0v) is 9.17. The number of ether oxygens (including phenoxy) is 1. The monoisotopic (exact) mass is 222 g/mol. The Morgan fingerprint density at radius 1 is 1.60 bits per heavy atom. The number of esters is 1. The van der Waals surface area contributed by atoms with Gasteiger partial charge < -0.3 is 4.74 Å². The van der Waals surface area contributed by atoms with Crippen molar-refractivity contribution >= 4 is 17.6 Å². The van der Waals surface area contributed by atoms with E-state index in [1.807, 2.05) is 6.07 Å². The van der Waals surface area contributed by atoms with E-state index in [2.05, 4.69) is 10.7 Å². The van der Waals surface area contributed by atoms with Gasteiger partial charge in [-0.1, -0.05) is 17.7 Å². The van der Waals surface area contributed by atoms with Crippen LogP contribution in [0.3, 0.4) is 0 Å². The molecule has 3 heteroatoms. The highest BCUT2D eigenvalue weighted by atomic mass is 35.5. The van der Waals surface area contributed by atoms with E-state index in [1.54, 1.807) is 12.1 Å². The predicted octanol–water partition coefficient (Wildman–Crippen LogP) is 2.69. The molecule has 0 atom stereocenters. The Bertz CT molecular complexity index is 405. The Hall–Kier alpha value is -1.46. The average molecular weight is 223 g/mol. The predicted molar refractivity (Wildman–Crippen MR) is 59.9 cm³/mol. The Labute approximate surface area is 94.2 Å². The van der Waals surface area contributed by atoms with Crippen LogP contribution in [0.4, 0.5) is 0 Å². The van der Waals surface area contributed by atoms with E-state index in [0.717, 1.165) is 12.0 Å². The second-order valence-corrected chi connectivity index (χ2v) is 3.42. The number of terminal acetylenes is 1.